The van der Waals surface area contributed by atoms with Gasteiger partial charge in [-0.05, 0) is 42.5 Å². The van der Waals surface area contributed by atoms with Crippen molar-refractivity contribution >= 4 is 29.1 Å². The molecule has 170 valence electrons. The molecule has 1 saturated heterocycles. The average molecular weight is 464 g/mol. The number of hydrogen-bond acceptors (Lipinski definition) is 4. The van der Waals surface area contributed by atoms with Gasteiger partial charge in [0.1, 0.15) is 5.75 Å². The Morgan fingerprint density at radius 2 is 1.61 bits per heavy atom. The number of carbonyl (C=O) groups is 2. The lowest BCUT2D eigenvalue weighted by Crippen LogP contribution is -2.49. The van der Waals surface area contributed by atoms with Gasteiger partial charge in [-0.25, -0.2) is 0 Å². The number of hydrogen-bond donors (Lipinski definition) is 1. The van der Waals surface area contributed by atoms with Crippen LogP contribution in [-0.2, 0) is 4.79 Å². The average Bonchev–Trinajstić information content (AvgIpc) is 2.84. The number of nitrogens with zero attached hydrogens (tertiary/aromatic N) is 2. The second-order valence-corrected chi connectivity index (χ2v) is 8.29. The van der Waals surface area contributed by atoms with E-state index in [9.17, 15) is 9.59 Å². The molecule has 6 nitrogen and oxygen atoms in total. The summed E-state index contributed by atoms with van der Waals surface area (Å²) in [4.78, 5) is 29.3. The number of nitrogens with one attached hydrogen (secondary N) is 1. The van der Waals surface area contributed by atoms with Crippen LogP contribution in [0, 0.1) is 0 Å². The van der Waals surface area contributed by atoms with E-state index in [1.165, 1.54) is 0 Å². The maximum Gasteiger partial charge on any atom is 0.253 e. The summed E-state index contributed by atoms with van der Waals surface area (Å²) >= 11 is 6.01. The van der Waals surface area contributed by atoms with Gasteiger partial charge in [0.2, 0.25) is 5.91 Å². The van der Waals surface area contributed by atoms with Gasteiger partial charge in [0.25, 0.3) is 5.91 Å². The van der Waals surface area contributed by atoms with Crippen LogP contribution >= 0.6 is 11.6 Å². The third kappa shape index (κ3) is 6.34. The van der Waals surface area contributed by atoms with Gasteiger partial charge in [-0.3, -0.25) is 14.5 Å². The van der Waals surface area contributed by atoms with Crippen molar-refractivity contribution in [3.05, 3.63) is 89.4 Å². The molecule has 1 aliphatic heterocycles. The minimum Gasteiger partial charge on any atom is -0.455 e. The van der Waals surface area contributed by atoms with Crippen LogP contribution in [0.4, 0.5) is 5.69 Å². The number of ether oxygens (including phenoxy) is 1. The Morgan fingerprint density at radius 1 is 0.879 bits per heavy atom. The van der Waals surface area contributed by atoms with Crippen molar-refractivity contribution in [3.63, 3.8) is 0 Å². The molecule has 2 amide bonds. The molecule has 0 atom stereocenters. The van der Waals surface area contributed by atoms with E-state index in [4.69, 9.17) is 16.3 Å². The number of carbonyl (C=O) groups excluding carboxylic acids is 2. The highest BCUT2D eigenvalue weighted by atomic mass is 35.5. The van der Waals surface area contributed by atoms with Crippen LogP contribution in [-0.4, -0.2) is 54.3 Å². The highest BCUT2D eigenvalue weighted by molar-refractivity contribution is 6.30. The van der Waals surface area contributed by atoms with Crippen LogP contribution in [0.25, 0.3) is 0 Å². The molecular weight excluding hydrogens is 438 g/mol. The number of amides is 2. The standard InChI is InChI=1S/C26H26ClN3O3/c27-21-8-6-7-20(19-21)26(32)30-17-15-29(16-18-30)14-13-25(31)28-23-11-4-5-12-24(23)33-22-9-2-1-3-10-22/h1-12,19H,13-18H2,(H,28,31). The normalized spacial score (nSPS) is 14.0. The molecular formula is C26H26ClN3O3. The van der Waals surface area contributed by atoms with E-state index in [0.29, 0.717) is 53.8 Å². The molecule has 0 radical (unpaired) electrons. The van der Waals surface area contributed by atoms with E-state index in [1.54, 1.807) is 24.3 Å². The third-order valence-corrected chi connectivity index (χ3v) is 5.75. The first-order valence-electron chi connectivity index (χ1n) is 11.0. The summed E-state index contributed by atoms with van der Waals surface area (Å²) in [5.74, 6) is 1.23. The lowest BCUT2D eigenvalue weighted by Gasteiger charge is -2.34. The maximum absolute atomic E-state index is 12.7. The van der Waals surface area contributed by atoms with Crippen molar-refractivity contribution in [1.29, 1.82) is 0 Å². The van der Waals surface area contributed by atoms with Crippen LogP contribution in [0.3, 0.4) is 0 Å². The van der Waals surface area contributed by atoms with Gasteiger partial charge in [-0.1, -0.05) is 48.0 Å². The summed E-state index contributed by atoms with van der Waals surface area (Å²) in [5.41, 5.74) is 1.25. The van der Waals surface area contributed by atoms with Crippen LogP contribution in [0.1, 0.15) is 16.8 Å². The number of rotatable bonds is 7. The number of anilines is 1. The van der Waals surface area contributed by atoms with Gasteiger partial charge in [-0.15, -0.1) is 0 Å². The Kier molecular flexibility index (Phi) is 7.60. The third-order valence-electron chi connectivity index (χ3n) is 5.52. The molecule has 0 aromatic heterocycles. The molecule has 7 heteroatoms. The quantitative estimate of drug-likeness (QED) is 0.540. The molecule has 1 aliphatic rings. The molecule has 3 aromatic rings. The Balaban J connectivity index is 1.25. The molecule has 0 saturated carbocycles. The topological polar surface area (TPSA) is 61.9 Å². The van der Waals surface area contributed by atoms with Gasteiger partial charge in [0, 0.05) is 49.7 Å². The predicted molar refractivity (Wildman–Crippen MR) is 130 cm³/mol. The van der Waals surface area contributed by atoms with Crippen LogP contribution in [0.5, 0.6) is 11.5 Å². The van der Waals surface area contributed by atoms with E-state index in [2.05, 4.69) is 10.2 Å². The van der Waals surface area contributed by atoms with Gasteiger partial charge in [-0.2, -0.15) is 0 Å². The summed E-state index contributed by atoms with van der Waals surface area (Å²) < 4.78 is 5.91. The first-order valence-corrected chi connectivity index (χ1v) is 11.4. The van der Waals surface area contributed by atoms with Crippen LogP contribution in [0.2, 0.25) is 5.02 Å². The van der Waals surface area contributed by atoms with Crippen molar-refractivity contribution in [2.75, 3.05) is 38.0 Å². The Labute approximate surface area is 198 Å². The summed E-state index contributed by atoms with van der Waals surface area (Å²) in [6.45, 7) is 3.34. The smallest absolute Gasteiger partial charge is 0.253 e. The zero-order valence-corrected chi connectivity index (χ0v) is 19.0. The molecule has 1 heterocycles. The van der Waals surface area contributed by atoms with Crippen molar-refractivity contribution in [2.24, 2.45) is 0 Å². The summed E-state index contributed by atoms with van der Waals surface area (Å²) in [6.07, 6.45) is 0.363. The lowest BCUT2D eigenvalue weighted by atomic mass is 10.2. The van der Waals surface area contributed by atoms with E-state index < -0.39 is 0 Å². The molecule has 3 aromatic carbocycles. The highest BCUT2D eigenvalue weighted by Gasteiger charge is 2.22. The highest BCUT2D eigenvalue weighted by Crippen LogP contribution is 2.29. The van der Waals surface area contributed by atoms with Gasteiger partial charge in [0.15, 0.2) is 5.75 Å². The Morgan fingerprint density at radius 3 is 2.36 bits per heavy atom. The van der Waals surface area contributed by atoms with Gasteiger partial charge >= 0.3 is 0 Å². The van der Waals surface area contributed by atoms with Crippen molar-refractivity contribution < 1.29 is 14.3 Å². The molecule has 33 heavy (non-hydrogen) atoms. The van der Waals surface area contributed by atoms with Gasteiger partial charge < -0.3 is 15.0 Å². The lowest BCUT2D eigenvalue weighted by molar-refractivity contribution is -0.116. The minimum atomic E-state index is -0.0726. The van der Waals surface area contributed by atoms with Crippen molar-refractivity contribution in [2.45, 2.75) is 6.42 Å². The second kappa shape index (κ2) is 11.0. The molecule has 0 bridgehead atoms. The zero-order valence-electron chi connectivity index (χ0n) is 18.2. The molecule has 1 fully saturated rings. The fourth-order valence-corrected chi connectivity index (χ4v) is 3.92. The SMILES string of the molecule is O=C(CCN1CCN(C(=O)c2cccc(Cl)c2)CC1)Nc1ccccc1Oc1ccccc1. The summed E-state index contributed by atoms with van der Waals surface area (Å²) in [6, 6.07) is 23.9. The van der Waals surface area contributed by atoms with Crippen LogP contribution < -0.4 is 10.1 Å². The fourth-order valence-electron chi connectivity index (χ4n) is 3.73. The number of halogens is 1. The zero-order chi connectivity index (χ0) is 23.0. The maximum atomic E-state index is 12.7. The first kappa shape index (κ1) is 22.8. The van der Waals surface area contributed by atoms with E-state index in [0.717, 1.165) is 13.1 Å². The monoisotopic (exact) mass is 463 g/mol. The van der Waals surface area contributed by atoms with E-state index in [1.807, 2.05) is 59.5 Å². The molecule has 0 aliphatic carbocycles. The van der Waals surface area contributed by atoms with Crippen molar-refractivity contribution in [1.82, 2.24) is 9.80 Å². The van der Waals surface area contributed by atoms with Crippen LogP contribution in [0.15, 0.2) is 78.9 Å². The van der Waals surface area contributed by atoms with E-state index in [-0.39, 0.29) is 11.8 Å². The largest absolute Gasteiger partial charge is 0.455 e. The predicted octanol–water partition coefficient (Wildman–Crippen LogP) is 4.92. The summed E-state index contributed by atoms with van der Waals surface area (Å²) in [7, 11) is 0. The fraction of sp³-hybridized carbons (Fsp3) is 0.231. The van der Waals surface area contributed by atoms with Gasteiger partial charge in [0.05, 0.1) is 5.69 Å². The molecule has 0 unspecified atom stereocenters. The number of para-hydroxylation sites is 3. The number of benzene rings is 3. The molecule has 1 N–H and O–H groups in total. The first-order chi connectivity index (χ1) is 16.1. The Bertz CT molecular complexity index is 1100. The van der Waals surface area contributed by atoms with E-state index >= 15 is 0 Å². The Hall–Kier alpha value is -3.35. The molecule has 0 spiro atoms. The second-order valence-electron chi connectivity index (χ2n) is 7.85. The minimum absolute atomic E-state index is 0.00934. The summed E-state index contributed by atoms with van der Waals surface area (Å²) in [5, 5.41) is 3.51. The van der Waals surface area contributed by atoms with Crippen molar-refractivity contribution in [3.8, 4) is 11.5 Å². The number of piperazine rings is 1. The molecule has 4 rings (SSSR count).